The van der Waals surface area contributed by atoms with Crippen molar-refractivity contribution in [2.24, 2.45) is 0 Å². The monoisotopic (exact) mass is 323 g/mol. The van der Waals surface area contributed by atoms with E-state index < -0.39 is 5.97 Å². The van der Waals surface area contributed by atoms with Crippen LogP contribution in [0.4, 0.5) is 0 Å². The molecule has 1 aromatic heterocycles. The van der Waals surface area contributed by atoms with E-state index in [1.165, 1.54) is 31.6 Å². The zero-order chi connectivity index (χ0) is 15.9. The highest BCUT2D eigenvalue weighted by atomic mass is 35.5. The number of ether oxygens (including phenoxy) is 2. The number of methoxy groups -OCH3 is 1. The third-order valence-corrected chi connectivity index (χ3v) is 3.05. The Kier molecular flexibility index (Phi) is 5.43. The third-order valence-electron chi connectivity index (χ3n) is 2.75. The molecule has 0 unspecified atom stereocenters. The van der Waals surface area contributed by atoms with Crippen LogP contribution in [0.25, 0.3) is 0 Å². The zero-order valence-electron chi connectivity index (χ0n) is 11.8. The van der Waals surface area contributed by atoms with E-state index in [2.05, 4.69) is 10.1 Å². The summed E-state index contributed by atoms with van der Waals surface area (Å²) in [7, 11) is 1.28. The minimum absolute atomic E-state index is 0.196. The molecule has 1 amide bonds. The van der Waals surface area contributed by atoms with Crippen molar-refractivity contribution in [3.63, 3.8) is 0 Å². The number of esters is 1. The van der Waals surface area contributed by atoms with Crippen LogP contribution >= 0.6 is 11.6 Å². The van der Waals surface area contributed by atoms with Crippen LogP contribution in [-0.2, 0) is 16.1 Å². The second-order valence-electron chi connectivity index (χ2n) is 4.28. The summed E-state index contributed by atoms with van der Waals surface area (Å²) in [6.45, 7) is 0.0855. The van der Waals surface area contributed by atoms with E-state index >= 15 is 0 Å². The fraction of sp³-hybridized carbons (Fsp3) is 0.200. The summed E-state index contributed by atoms with van der Waals surface area (Å²) in [5, 5.41) is 2.86. The molecule has 0 bridgehead atoms. The Morgan fingerprint density at radius 1 is 1.32 bits per heavy atom. The fourth-order valence-corrected chi connectivity index (χ4v) is 1.89. The van der Waals surface area contributed by atoms with Crippen molar-refractivity contribution >= 4 is 23.5 Å². The first kappa shape index (κ1) is 15.9. The van der Waals surface area contributed by atoms with Gasteiger partial charge in [0.25, 0.3) is 5.91 Å². The van der Waals surface area contributed by atoms with Gasteiger partial charge in [-0.1, -0.05) is 11.6 Å². The Balaban J connectivity index is 1.85. The third kappa shape index (κ3) is 4.26. The fourth-order valence-electron chi connectivity index (χ4n) is 1.66. The lowest BCUT2D eigenvalue weighted by atomic mass is 10.2. The second kappa shape index (κ2) is 7.51. The molecule has 7 heteroatoms. The van der Waals surface area contributed by atoms with Crippen molar-refractivity contribution in [2.45, 2.75) is 6.54 Å². The van der Waals surface area contributed by atoms with Crippen LogP contribution in [0.3, 0.4) is 0 Å². The predicted octanol–water partition coefficient (Wildman–Crippen LogP) is 2.41. The van der Waals surface area contributed by atoms with E-state index in [9.17, 15) is 9.59 Å². The quantitative estimate of drug-likeness (QED) is 0.826. The maximum atomic E-state index is 11.6. The zero-order valence-corrected chi connectivity index (χ0v) is 12.6. The van der Waals surface area contributed by atoms with Gasteiger partial charge in [-0.15, -0.1) is 0 Å². The van der Waals surface area contributed by atoms with E-state index in [1.807, 2.05) is 0 Å². The largest absolute Gasteiger partial charge is 0.482 e. The van der Waals surface area contributed by atoms with Gasteiger partial charge in [0.2, 0.25) is 0 Å². The van der Waals surface area contributed by atoms with Crippen molar-refractivity contribution in [1.82, 2.24) is 5.32 Å². The normalized spacial score (nSPS) is 10.1. The minimum atomic E-state index is -0.496. The molecule has 22 heavy (non-hydrogen) atoms. The molecule has 0 aliphatic carbocycles. The molecule has 0 aliphatic heterocycles. The molecule has 1 N–H and O–H groups in total. The first-order valence-electron chi connectivity index (χ1n) is 6.40. The van der Waals surface area contributed by atoms with Crippen molar-refractivity contribution in [3.8, 4) is 5.75 Å². The van der Waals surface area contributed by atoms with E-state index in [0.717, 1.165) is 0 Å². The van der Waals surface area contributed by atoms with Gasteiger partial charge < -0.3 is 19.2 Å². The molecular formula is C15H14ClNO5. The first-order valence-corrected chi connectivity index (χ1v) is 6.77. The van der Waals surface area contributed by atoms with Crippen molar-refractivity contribution in [3.05, 3.63) is 52.9 Å². The van der Waals surface area contributed by atoms with E-state index in [0.29, 0.717) is 17.1 Å². The van der Waals surface area contributed by atoms with Crippen LogP contribution in [0.15, 0.2) is 41.0 Å². The Morgan fingerprint density at radius 2 is 2.14 bits per heavy atom. The SMILES string of the molecule is COC(=O)c1ccc(OCC(=O)NCc2ccco2)c(Cl)c1. The average molecular weight is 324 g/mol. The second-order valence-corrected chi connectivity index (χ2v) is 4.69. The standard InChI is InChI=1S/C15H14ClNO5/c1-20-15(19)10-4-5-13(12(16)7-10)22-9-14(18)17-8-11-3-2-6-21-11/h2-7H,8-9H2,1H3,(H,17,18). The maximum absolute atomic E-state index is 11.6. The number of hydrogen-bond acceptors (Lipinski definition) is 5. The van der Waals surface area contributed by atoms with Gasteiger partial charge >= 0.3 is 5.97 Å². The predicted molar refractivity (Wildman–Crippen MR) is 78.8 cm³/mol. The molecule has 0 saturated carbocycles. The summed E-state index contributed by atoms with van der Waals surface area (Å²) in [5.41, 5.74) is 0.308. The summed E-state index contributed by atoms with van der Waals surface area (Å²) in [4.78, 5) is 23.0. The lowest BCUT2D eigenvalue weighted by Crippen LogP contribution is -2.28. The molecular weight excluding hydrogens is 310 g/mol. The van der Waals surface area contributed by atoms with Gasteiger partial charge in [0.05, 0.1) is 30.5 Å². The highest BCUT2D eigenvalue weighted by Crippen LogP contribution is 2.25. The van der Waals surface area contributed by atoms with Crippen LogP contribution in [-0.4, -0.2) is 25.6 Å². The Labute approximate surface area is 132 Å². The van der Waals surface area contributed by atoms with Gasteiger partial charge in [0, 0.05) is 0 Å². The summed E-state index contributed by atoms with van der Waals surface area (Å²) >= 11 is 5.99. The molecule has 0 aliphatic rings. The van der Waals surface area contributed by atoms with Gasteiger partial charge in [-0.25, -0.2) is 4.79 Å². The Morgan fingerprint density at radius 3 is 2.77 bits per heavy atom. The molecule has 0 radical (unpaired) electrons. The lowest BCUT2D eigenvalue weighted by molar-refractivity contribution is -0.123. The smallest absolute Gasteiger partial charge is 0.337 e. The van der Waals surface area contributed by atoms with Crippen LogP contribution in [0.5, 0.6) is 5.75 Å². The molecule has 0 saturated heterocycles. The molecule has 1 aromatic carbocycles. The topological polar surface area (TPSA) is 77.8 Å². The number of rotatable bonds is 6. The van der Waals surface area contributed by atoms with Gasteiger partial charge in [-0.2, -0.15) is 0 Å². The molecule has 0 spiro atoms. The van der Waals surface area contributed by atoms with Gasteiger partial charge in [0.1, 0.15) is 11.5 Å². The van der Waals surface area contributed by atoms with Crippen molar-refractivity contribution < 1.29 is 23.5 Å². The molecule has 0 fully saturated rings. The van der Waals surface area contributed by atoms with Crippen molar-refractivity contribution in [1.29, 1.82) is 0 Å². The number of carbonyl (C=O) groups excluding carboxylic acids is 2. The van der Waals surface area contributed by atoms with Gasteiger partial charge in [-0.05, 0) is 30.3 Å². The van der Waals surface area contributed by atoms with Crippen LogP contribution in [0, 0.1) is 0 Å². The Bertz CT molecular complexity index is 654. The minimum Gasteiger partial charge on any atom is -0.482 e. The van der Waals surface area contributed by atoms with Crippen molar-refractivity contribution in [2.75, 3.05) is 13.7 Å². The highest BCUT2D eigenvalue weighted by molar-refractivity contribution is 6.32. The number of carbonyl (C=O) groups is 2. The number of halogens is 1. The number of benzene rings is 1. The van der Waals surface area contributed by atoms with E-state index in [-0.39, 0.29) is 24.1 Å². The lowest BCUT2D eigenvalue weighted by Gasteiger charge is -2.09. The number of furan rings is 1. The average Bonchev–Trinajstić information content (AvgIpc) is 3.04. The van der Waals surface area contributed by atoms with Crippen LogP contribution in [0.2, 0.25) is 5.02 Å². The summed E-state index contributed by atoms with van der Waals surface area (Å²) in [5.74, 6) is 0.144. The number of nitrogens with one attached hydrogen (secondary N) is 1. The number of hydrogen-bond donors (Lipinski definition) is 1. The highest BCUT2D eigenvalue weighted by Gasteiger charge is 2.11. The Hall–Kier alpha value is -2.47. The molecule has 2 aromatic rings. The van der Waals surface area contributed by atoms with E-state index in [4.69, 9.17) is 20.8 Å². The summed E-state index contributed by atoms with van der Waals surface area (Å²) in [6.07, 6.45) is 1.53. The summed E-state index contributed by atoms with van der Waals surface area (Å²) < 4.78 is 15.0. The maximum Gasteiger partial charge on any atom is 0.337 e. The first-order chi connectivity index (χ1) is 10.6. The van der Waals surface area contributed by atoms with E-state index in [1.54, 1.807) is 12.1 Å². The molecule has 116 valence electrons. The molecule has 2 rings (SSSR count). The van der Waals surface area contributed by atoms with Gasteiger partial charge in [-0.3, -0.25) is 4.79 Å². The molecule has 1 heterocycles. The number of amides is 1. The molecule has 0 atom stereocenters. The summed E-state index contributed by atoms with van der Waals surface area (Å²) in [6, 6.07) is 7.93. The van der Waals surface area contributed by atoms with Crippen LogP contribution < -0.4 is 10.1 Å². The van der Waals surface area contributed by atoms with Gasteiger partial charge in [0.15, 0.2) is 6.61 Å². The molecule has 6 nitrogen and oxygen atoms in total. The van der Waals surface area contributed by atoms with Crippen LogP contribution in [0.1, 0.15) is 16.1 Å².